The molecule has 2 saturated carbocycles. The molecule has 2 aliphatic rings. The summed E-state index contributed by atoms with van der Waals surface area (Å²) in [6.07, 6.45) is 6.18. The lowest BCUT2D eigenvalue weighted by Crippen LogP contribution is -2.54. The molecule has 2 aliphatic carbocycles. The van der Waals surface area contributed by atoms with E-state index >= 15 is 0 Å². The van der Waals surface area contributed by atoms with Crippen LogP contribution in [0, 0.1) is 23.4 Å². The molecule has 2 fully saturated rings. The van der Waals surface area contributed by atoms with Gasteiger partial charge in [0.2, 0.25) is 0 Å². The molecule has 3 aromatic rings. The van der Waals surface area contributed by atoms with E-state index in [1.807, 2.05) is 13.0 Å². The average Bonchev–Trinajstić information content (AvgIpc) is 3.69. The number of Topliss-reactive ketones (excluding diaryl/α,β-unsaturated/α-hetero) is 1. The molecule has 0 amide bonds. The molecular weight excluding hydrogens is 479 g/mol. The molecule has 2 aromatic heterocycles. The third-order valence-electron chi connectivity index (χ3n) is 8.14. The molecule has 0 aliphatic heterocycles. The molecule has 0 saturated heterocycles. The number of hydrogen-bond acceptors (Lipinski definition) is 5. The minimum absolute atomic E-state index is 0.0286. The second-order valence-corrected chi connectivity index (χ2v) is 10.7. The van der Waals surface area contributed by atoms with Crippen LogP contribution in [0.25, 0.3) is 11.3 Å². The minimum atomic E-state index is -0.977. The normalized spacial score (nSPS) is 25.8. The maximum atomic E-state index is 14.9. The molecule has 0 unspecified atom stereocenters. The van der Waals surface area contributed by atoms with Gasteiger partial charge in [0, 0.05) is 24.9 Å². The van der Waals surface area contributed by atoms with Crippen molar-refractivity contribution < 1.29 is 23.1 Å². The van der Waals surface area contributed by atoms with E-state index in [2.05, 4.69) is 9.97 Å². The molecule has 37 heavy (non-hydrogen) atoms. The molecule has 5 rings (SSSR count). The lowest BCUT2D eigenvalue weighted by atomic mass is 9.67. The van der Waals surface area contributed by atoms with Crippen LogP contribution in [0.5, 0.6) is 0 Å². The van der Waals surface area contributed by atoms with Crippen molar-refractivity contribution in [1.29, 1.82) is 0 Å². The summed E-state index contributed by atoms with van der Waals surface area (Å²) in [5, 5.41) is 10.7. The Morgan fingerprint density at radius 2 is 1.78 bits per heavy atom. The van der Waals surface area contributed by atoms with E-state index < -0.39 is 46.1 Å². The van der Waals surface area contributed by atoms with Crippen LogP contribution in [0.4, 0.5) is 13.2 Å². The molecule has 5 nitrogen and oxygen atoms in total. The predicted octanol–water partition coefficient (Wildman–Crippen LogP) is 5.46. The van der Waals surface area contributed by atoms with Crippen LogP contribution >= 0.6 is 0 Å². The average molecular weight is 510 g/mol. The molecule has 8 heteroatoms. The lowest BCUT2D eigenvalue weighted by Gasteiger charge is -2.44. The first-order valence-electron chi connectivity index (χ1n) is 12.7. The van der Waals surface area contributed by atoms with Crippen LogP contribution in [0.1, 0.15) is 78.5 Å². The fourth-order valence-corrected chi connectivity index (χ4v) is 5.42. The monoisotopic (exact) mass is 509 g/mol. The first kappa shape index (κ1) is 25.5. The Kier molecular flexibility index (Phi) is 6.66. The Hall–Kier alpha value is -3.10. The fraction of sp³-hybridized carbons (Fsp3) is 0.414. The summed E-state index contributed by atoms with van der Waals surface area (Å²) in [6.45, 7) is 3.70. The van der Waals surface area contributed by atoms with Crippen LogP contribution in [0.2, 0.25) is 0 Å². The number of nitrogens with zero attached hydrogens (tertiary/aromatic N) is 2. The van der Waals surface area contributed by atoms with E-state index in [4.69, 9.17) is 5.73 Å². The number of pyridine rings is 2. The molecule has 1 aromatic carbocycles. The standard InChI is InChI=1S/C29H30F3N3O2/c1-15-9-18(13-26(33)29(15,2)37)20-7-8-34-14-19(20)12-25(36)24-6-5-21(30)28(35-24)27-22(31)10-17(11-23(27)32)16-3-4-16/h5-8,10-11,14-16,18,26,37H,3-4,9,12-13,33H2,1-2H3/t15-,18+,26+,29+/m0/s1. The Bertz CT molecular complexity index is 1320. The van der Waals surface area contributed by atoms with Gasteiger partial charge in [0.15, 0.2) is 5.78 Å². The molecule has 0 radical (unpaired) electrons. The molecule has 0 bridgehead atoms. The van der Waals surface area contributed by atoms with Gasteiger partial charge in [-0.25, -0.2) is 18.2 Å². The highest BCUT2D eigenvalue weighted by atomic mass is 19.1. The Balaban J connectivity index is 1.42. The summed E-state index contributed by atoms with van der Waals surface area (Å²) in [5.74, 6) is -3.02. The molecule has 2 heterocycles. The molecular formula is C29H30F3N3O2. The highest BCUT2D eigenvalue weighted by Crippen LogP contribution is 2.43. The minimum Gasteiger partial charge on any atom is -0.388 e. The van der Waals surface area contributed by atoms with Gasteiger partial charge in [0.05, 0.1) is 11.2 Å². The van der Waals surface area contributed by atoms with Crippen LogP contribution in [-0.4, -0.2) is 32.5 Å². The Morgan fingerprint density at radius 3 is 2.43 bits per heavy atom. The maximum absolute atomic E-state index is 14.9. The highest BCUT2D eigenvalue weighted by Gasteiger charge is 2.42. The van der Waals surface area contributed by atoms with Crippen molar-refractivity contribution in [3.8, 4) is 11.3 Å². The molecule has 194 valence electrons. The maximum Gasteiger partial charge on any atom is 0.185 e. The van der Waals surface area contributed by atoms with Crippen molar-refractivity contribution in [2.45, 2.75) is 69.4 Å². The number of hydrogen-bond donors (Lipinski definition) is 2. The van der Waals surface area contributed by atoms with Gasteiger partial charge in [-0.3, -0.25) is 9.78 Å². The quantitative estimate of drug-likeness (QED) is 0.431. The van der Waals surface area contributed by atoms with Crippen LogP contribution in [0.3, 0.4) is 0 Å². The van der Waals surface area contributed by atoms with E-state index in [0.717, 1.165) is 24.5 Å². The third-order valence-corrected chi connectivity index (χ3v) is 8.14. The Morgan fingerprint density at radius 1 is 1.08 bits per heavy atom. The number of halogens is 3. The van der Waals surface area contributed by atoms with E-state index in [1.54, 1.807) is 19.3 Å². The summed E-state index contributed by atoms with van der Waals surface area (Å²) >= 11 is 0. The van der Waals surface area contributed by atoms with Crippen molar-refractivity contribution in [1.82, 2.24) is 9.97 Å². The number of nitrogens with two attached hydrogens (primary N) is 1. The van der Waals surface area contributed by atoms with Crippen molar-refractivity contribution in [3.63, 3.8) is 0 Å². The van der Waals surface area contributed by atoms with Crippen molar-refractivity contribution in [2.75, 3.05) is 0 Å². The predicted molar refractivity (Wildman–Crippen MR) is 134 cm³/mol. The number of ketones is 1. The number of aliphatic hydroxyl groups is 1. The van der Waals surface area contributed by atoms with Crippen molar-refractivity contribution >= 4 is 5.78 Å². The zero-order valence-electron chi connectivity index (χ0n) is 20.8. The van der Waals surface area contributed by atoms with Gasteiger partial charge in [0.1, 0.15) is 28.8 Å². The van der Waals surface area contributed by atoms with Gasteiger partial charge in [0.25, 0.3) is 0 Å². The number of aromatic nitrogens is 2. The van der Waals surface area contributed by atoms with Crippen molar-refractivity contribution in [3.05, 3.63) is 82.6 Å². The van der Waals surface area contributed by atoms with Gasteiger partial charge < -0.3 is 10.8 Å². The van der Waals surface area contributed by atoms with Gasteiger partial charge >= 0.3 is 0 Å². The van der Waals surface area contributed by atoms with Crippen molar-refractivity contribution in [2.24, 2.45) is 11.7 Å². The van der Waals surface area contributed by atoms with E-state index in [-0.39, 0.29) is 29.9 Å². The largest absolute Gasteiger partial charge is 0.388 e. The number of carbonyl (C=O) groups is 1. The van der Waals surface area contributed by atoms with Gasteiger partial charge in [-0.05, 0) is 97.4 Å². The lowest BCUT2D eigenvalue weighted by molar-refractivity contribution is -0.0464. The molecule has 3 N–H and O–H groups in total. The van der Waals surface area contributed by atoms with Crippen LogP contribution in [0.15, 0.2) is 42.7 Å². The zero-order chi connectivity index (χ0) is 26.5. The zero-order valence-corrected chi connectivity index (χ0v) is 20.8. The number of rotatable bonds is 6. The highest BCUT2D eigenvalue weighted by molar-refractivity contribution is 5.96. The Labute approximate surface area is 214 Å². The fourth-order valence-electron chi connectivity index (χ4n) is 5.42. The molecule has 0 spiro atoms. The summed E-state index contributed by atoms with van der Waals surface area (Å²) in [5.41, 5.74) is 6.25. The van der Waals surface area contributed by atoms with Gasteiger partial charge in [-0.2, -0.15) is 0 Å². The third kappa shape index (κ3) is 4.92. The van der Waals surface area contributed by atoms with Crippen LogP contribution < -0.4 is 5.73 Å². The second kappa shape index (κ2) is 9.65. The summed E-state index contributed by atoms with van der Waals surface area (Å²) in [4.78, 5) is 21.5. The topological polar surface area (TPSA) is 89.1 Å². The SMILES string of the molecule is C[C@H]1C[C@@H](c2ccncc2CC(=O)c2ccc(F)c(-c3c(F)cc(C4CC4)cc3F)n2)C[C@@H](N)[C@]1(C)O. The summed E-state index contributed by atoms with van der Waals surface area (Å²) in [6, 6.07) is 6.11. The summed E-state index contributed by atoms with van der Waals surface area (Å²) < 4.78 is 44.4. The number of carbonyl (C=O) groups excluding carboxylic acids is 1. The number of benzene rings is 1. The first-order chi connectivity index (χ1) is 17.6. The van der Waals surface area contributed by atoms with E-state index in [0.29, 0.717) is 24.0 Å². The second-order valence-electron chi connectivity index (χ2n) is 10.7. The summed E-state index contributed by atoms with van der Waals surface area (Å²) in [7, 11) is 0. The first-order valence-corrected chi connectivity index (χ1v) is 12.7. The van der Waals surface area contributed by atoms with Gasteiger partial charge in [-0.1, -0.05) is 6.92 Å². The van der Waals surface area contributed by atoms with E-state index in [1.165, 1.54) is 18.2 Å². The van der Waals surface area contributed by atoms with Crippen LogP contribution in [-0.2, 0) is 6.42 Å². The molecule has 4 atom stereocenters. The van der Waals surface area contributed by atoms with Gasteiger partial charge in [-0.15, -0.1) is 0 Å². The van der Waals surface area contributed by atoms with E-state index in [9.17, 15) is 23.1 Å². The smallest absolute Gasteiger partial charge is 0.185 e.